The van der Waals surface area contributed by atoms with E-state index in [9.17, 15) is 19.5 Å². The number of carboxylic acids is 1. The average molecular weight is 435 g/mol. The van der Waals surface area contributed by atoms with Gasteiger partial charge in [-0.25, -0.2) is 4.79 Å². The van der Waals surface area contributed by atoms with E-state index in [1.54, 1.807) is 25.6 Å². The number of rotatable bonds is 9. The number of likely N-dealkylation sites (tertiary alicyclic amines) is 1. The maximum Gasteiger partial charge on any atom is 0.326 e. The van der Waals surface area contributed by atoms with Crippen LogP contribution in [0.2, 0.25) is 0 Å². The van der Waals surface area contributed by atoms with Gasteiger partial charge < -0.3 is 14.7 Å². The zero-order valence-electron chi connectivity index (χ0n) is 17.5. The monoisotopic (exact) mass is 434 g/mol. The first-order chi connectivity index (χ1) is 14.4. The highest BCUT2D eigenvalue weighted by Gasteiger charge is 2.50. The molecular formula is C22H30N2O5S. The van der Waals surface area contributed by atoms with E-state index in [1.807, 2.05) is 30.3 Å². The lowest BCUT2D eigenvalue weighted by Crippen LogP contribution is -2.54. The van der Waals surface area contributed by atoms with E-state index in [0.29, 0.717) is 19.4 Å². The predicted octanol–water partition coefficient (Wildman–Crippen LogP) is 1.95. The summed E-state index contributed by atoms with van der Waals surface area (Å²) >= 11 is 1.75. The fourth-order valence-electron chi connectivity index (χ4n) is 4.39. The lowest BCUT2D eigenvalue weighted by molar-refractivity contribution is -0.151. The van der Waals surface area contributed by atoms with E-state index in [4.69, 9.17) is 4.74 Å². The summed E-state index contributed by atoms with van der Waals surface area (Å²) in [5.74, 6) is -0.665. The van der Waals surface area contributed by atoms with Crippen LogP contribution in [0.5, 0.6) is 0 Å². The molecule has 2 aliphatic rings. The molecule has 3 unspecified atom stereocenters. The quantitative estimate of drug-likeness (QED) is 0.574. The molecule has 0 aromatic heterocycles. The van der Waals surface area contributed by atoms with Crippen LogP contribution in [-0.2, 0) is 25.5 Å². The van der Waals surface area contributed by atoms with E-state index >= 15 is 0 Å². The Bertz CT molecular complexity index is 759. The lowest BCUT2D eigenvalue weighted by atomic mass is 9.97. The minimum Gasteiger partial charge on any atom is -0.480 e. The zero-order chi connectivity index (χ0) is 21.7. The number of ether oxygens (including phenoxy) is 1. The van der Waals surface area contributed by atoms with E-state index in [2.05, 4.69) is 5.32 Å². The molecule has 3 rings (SSSR count). The van der Waals surface area contributed by atoms with Gasteiger partial charge in [0.25, 0.3) is 0 Å². The number of thioether (sulfide) groups is 1. The largest absolute Gasteiger partial charge is 0.480 e. The molecule has 5 atom stereocenters. The second-order valence-corrected chi connectivity index (χ2v) is 9.20. The third-order valence-corrected chi connectivity index (χ3v) is 7.27. The average Bonchev–Trinajstić information content (AvgIpc) is 3.32. The zero-order valence-corrected chi connectivity index (χ0v) is 18.3. The molecule has 0 bridgehead atoms. The normalized spacial score (nSPS) is 24.9. The number of benzene rings is 1. The summed E-state index contributed by atoms with van der Waals surface area (Å²) in [6.45, 7) is 4.15. The summed E-state index contributed by atoms with van der Waals surface area (Å²) in [5.41, 5.74) is 1.10. The molecule has 1 aromatic carbocycles. The van der Waals surface area contributed by atoms with Crippen LogP contribution in [0.4, 0.5) is 0 Å². The van der Waals surface area contributed by atoms with Gasteiger partial charge in [-0.3, -0.25) is 14.9 Å². The Kier molecular flexibility index (Phi) is 7.77. The molecule has 0 aliphatic carbocycles. The highest BCUT2D eigenvalue weighted by molar-refractivity contribution is 8.00. The number of hydrogen-bond acceptors (Lipinski definition) is 6. The molecule has 0 saturated carbocycles. The van der Waals surface area contributed by atoms with Crippen LogP contribution in [-0.4, -0.2) is 70.1 Å². The fraction of sp³-hybridized carbons (Fsp3) is 0.591. The molecule has 1 amide bonds. The van der Waals surface area contributed by atoms with Crippen molar-refractivity contribution in [3.8, 4) is 0 Å². The number of esters is 1. The van der Waals surface area contributed by atoms with E-state index in [-0.39, 0.29) is 23.7 Å². The topological polar surface area (TPSA) is 95.9 Å². The van der Waals surface area contributed by atoms with Gasteiger partial charge in [0.15, 0.2) is 0 Å². The molecule has 2 aliphatic heterocycles. The molecule has 0 radical (unpaired) electrons. The van der Waals surface area contributed by atoms with E-state index < -0.39 is 30.1 Å². The van der Waals surface area contributed by atoms with Crippen LogP contribution < -0.4 is 5.32 Å². The summed E-state index contributed by atoms with van der Waals surface area (Å²) in [4.78, 5) is 38.9. The Labute approximate surface area is 181 Å². The van der Waals surface area contributed by atoms with Gasteiger partial charge in [-0.2, -0.15) is 11.8 Å². The molecule has 2 fully saturated rings. The summed E-state index contributed by atoms with van der Waals surface area (Å²) < 4.78 is 5.19. The number of nitrogens with zero attached hydrogens (tertiary/aromatic N) is 1. The third-order valence-electron chi connectivity index (χ3n) is 5.87. The minimum atomic E-state index is -0.948. The number of carbonyl (C=O) groups excluding carboxylic acids is 2. The summed E-state index contributed by atoms with van der Waals surface area (Å²) in [6, 6.07) is 7.72. The van der Waals surface area contributed by atoms with Gasteiger partial charge >= 0.3 is 11.9 Å². The first kappa shape index (κ1) is 22.6. The summed E-state index contributed by atoms with van der Waals surface area (Å²) in [7, 11) is 0. The van der Waals surface area contributed by atoms with Gasteiger partial charge in [-0.1, -0.05) is 30.3 Å². The predicted molar refractivity (Wildman–Crippen MR) is 115 cm³/mol. The maximum atomic E-state index is 13.1. The van der Waals surface area contributed by atoms with Crippen LogP contribution in [0, 0.1) is 5.92 Å². The van der Waals surface area contributed by atoms with Gasteiger partial charge in [-0.05, 0) is 44.4 Å². The van der Waals surface area contributed by atoms with Crippen molar-refractivity contribution in [2.75, 3.05) is 18.9 Å². The van der Waals surface area contributed by atoms with Crippen LogP contribution >= 0.6 is 11.8 Å². The maximum absolute atomic E-state index is 13.1. The number of aryl methyl sites for hydroxylation is 1. The smallest absolute Gasteiger partial charge is 0.326 e. The van der Waals surface area contributed by atoms with Crippen molar-refractivity contribution in [3.63, 3.8) is 0 Å². The minimum absolute atomic E-state index is 0.00239. The highest BCUT2D eigenvalue weighted by atomic mass is 32.2. The Morgan fingerprint density at radius 1 is 1.30 bits per heavy atom. The number of fused-ring (bicyclic) bond motifs is 1. The lowest BCUT2D eigenvalue weighted by Gasteiger charge is -2.29. The summed E-state index contributed by atoms with van der Waals surface area (Å²) in [5, 5.41) is 13.0. The van der Waals surface area contributed by atoms with Crippen molar-refractivity contribution in [1.82, 2.24) is 10.2 Å². The second-order valence-electron chi connectivity index (χ2n) is 7.85. The standard InChI is InChI=1S/C22H30N2O5S/c1-3-29-22(28)17(10-9-15-7-5-4-6-8-15)23-14(2)20(25)24-13-18-16(11-12-30-18)19(24)21(26)27/h4-8,14,16-19,23H,3,9-13H2,1-2H3,(H,26,27)/t14?,16?,17-,18?,19-/m0/s1. The van der Waals surface area contributed by atoms with Gasteiger partial charge in [0.05, 0.1) is 12.6 Å². The molecule has 2 heterocycles. The molecule has 164 valence electrons. The number of nitrogens with one attached hydrogen (secondary N) is 1. The number of amides is 1. The van der Waals surface area contributed by atoms with Crippen LogP contribution in [0.15, 0.2) is 30.3 Å². The molecule has 8 heteroatoms. The summed E-state index contributed by atoms with van der Waals surface area (Å²) in [6.07, 6.45) is 1.98. The fourth-order valence-corrected chi connectivity index (χ4v) is 5.90. The number of aliphatic carboxylic acids is 1. The molecule has 30 heavy (non-hydrogen) atoms. The molecule has 2 saturated heterocycles. The van der Waals surface area contributed by atoms with Gasteiger partial charge in [-0.15, -0.1) is 0 Å². The van der Waals surface area contributed by atoms with Gasteiger partial charge in [0, 0.05) is 17.7 Å². The number of carbonyl (C=O) groups is 3. The van der Waals surface area contributed by atoms with Gasteiger partial charge in [0.2, 0.25) is 5.91 Å². The Morgan fingerprint density at radius 3 is 2.70 bits per heavy atom. The van der Waals surface area contributed by atoms with Crippen molar-refractivity contribution < 1.29 is 24.2 Å². The van der Waals surface area contributed by atoms with E-state index in [1.165, 1.54) is 4.90 Å². The first-order valence-electron chi connectivity index (χ1n) is 10.5. The van der Waals surface area contributed by atoms with Crippen LogP contribution in [0.25, 0.3) is 0 Å². The molecular weight excluding hydrogens is 404 g/mol. The van der Waals surface area contributed by atoms with Crippen molar-refractivity contribution in [2.24, 2.45) is 5.92 Å². The van der Waals surface area contributed by atoms with Crippen molar-refractivity contribution in [3.05, 3.63) is 35.9 Å². The first-order valence-corrected chi connectivity index (χ1v) is 11.6. The van der Waals surface area contributed by atoms with Crippen LogP contribution in [0.3, 0.4) is 0 Å². The Hall–Kier alpha value is -2.06. The van der Waals surface area contributed by atoms with Crippen molar-refractivity contribution in [2.45, 2.75) is 56.5 Å². The SMILES string of the molecule is CCOC(=O)[C@H](CCc1ccccc1)NC(C)C(=O)N1CC2SCCC2[C@H]1C(=O)O. The highest BCUT2D eigenvalue weighted by Crippen LogP contribution is 2.42. The Balaban J connectivity index is 1.66. The molecule has 0 spiro atoms. The third kappa shape index (κ3) is 5.16. The second kappa shape index (κ2) is 10.3. The molecule has 2 N–H and O–H groups in total. The van der Waals surface area contributed by atoms with E-state index in [0.717, 1.165) is 17.7 Å². The number of hydrogen-bond donors (Lipinski definition) is 2. The van der Waals surface area contributed by atoms with Crippen molar-refractivity contribution >= 4 is 29.6 Å². The Morgan fingerprint density at radius 2 is 2.03 bits per heavy atom. The number of carboxylic acid groups (broad SMARTS) is 1. The molecule has 7 nitrogen and oxygen atoms in total. The van der Waals surface area contributed by atoms with Gasteiger partial charge in [0.1, 0.15) is 12.1 Å². The van der Waals surface area contributed by atoms with Crippen molar-refractivity contribution in [1.29, 1.82) is 0 Å². The van der Waals surface area contributed by atoms with Crippen LogP contribution in [0.1, 0.15) is 32.3 Å². The molecule has 1 aromatic rings.